The molecule has 0 amide bonds. The lowest BCUT2D eigenvalue weighted by molar-refractivity contribution is 0.0122. The number of rotatable bonds is 2. The number of hydrogen-bond acceptors (Lipinski definition) is 2. The minimum Gasteiger partial charge on any atom is -0.309 e. The highest BCUT2D eigenvalue weighted by molar-refractivity contribution is 5.17. The van der Waals surface area contributed by atoms with Gasteiger partial charge in [0, 0.05) is 30.7 Å². The molecule has 20 heavy (non-hydrogen) atoms. The van der Waals surface area contributed by atoms with E-state index >= 15 is 0 Å². The monoisotopic (exact) mass is 276 g/mol. The summed E-state index contributed by atoms with van der Waals surface area (Å²) in [6, 6.07) is 6.99. The first-order valence-corrected chi connectivity index (χ1v) is 7.74. The average molecular weight is 276 g/mol. The first kappa shape index (κ1) is 14.0. The highest BCUT2D eigenvalue weighted by atomic mass is 19.1. The quantitative estimate of drug-likeness (QED) is 0.891. The number of piperazine rings is 1. The van der Waals surface area contributed by atoms with Crippen LogP contribution in [0.2, 0.25) is 0 Å². The van der Waals surface area contributed by atoms with Crippen LogP contribution in [0, 0.1) is 5.82 Å². The molecule has 1 saturated carbocycles. The fourth-order valence-electron chi connectivity index (χ4n) is 3.78. The minimum atomic E-state index is -0.148. The van der Waals surface area contributed by atoms with Gasteiger partial charge in [-0.1, -0.05) is 25.0 Å². The van der Waals surface area contributed by atoms with E-state index in [0.717, 1.165) is 19.6 Å². The molecule has 0 radical (unpaired) electrons. The predicted octanol–water partition coefficient (Wildman–Crippen LogP) is 3.32. The summed E-state index contributed by atoms with van der Waals surface area (Å²) in [5, 5.41) is 3.71. The van der Waals surface area contributed by atoms with Crippen LogP contribution >= 0.6 is 0 Å². The fourth-order valence-corrected chi connectivity index (χ4v) is 3.78. The molecule has 0 unspecified atom stereocenters. The van der Waals surface area contributed by atoms with Gasteiger partial charge in [-0.3, -0.25) is 4.90 Å². The third-order valence-electron chi connectivity index (χ3n) is 4.97. The van der Waals surface area contributed by atoms with E-state index in [1.807, 2.05) is 12.1 Å². The zero-order valence-corrected chi connectivity index (χ0v) is 12.6. The van der Waals surface area contributed by atoms with E-state index < -0.39 is 0 Å². The lowest BCUT2D eigenvalue weighted by Crippen LogP contribution is -2.66. The van der Waals surface area contributed by atoms with Crippen molar-refractivity contribution in [3.63, 3.8) is 0 Å². The molecule has 1 saturated heterocycles. The Balaban J connectivity index is 1.80. The van der Waals surface area contributed by atoms with Crippen molar-refractivity contribution < 1.29 is 4.39 Å². The molecule has 1 N–H and O–H groups in total. The summed E-state index contributed by atoms with van der Waals surface area (Å²) in [7, 11) is 0. The molecule has 1 heterocycles. The molecule has 110 valence electrons. The van der Waals surface area contributed by atoms with Gasteiger partial charge in [0.15, 0.2) is 0 Å². The molecule has 3 rings (SSSR count). The van der Waals surface area contributed by atoms with Crippen LogP contribution in [0.4, 0.5) is 4.39 Å². The van der Waals surface area contributed by atoms with Crippen molar-refractivity contribution >= 4 is 0 Å². The van der Waals surface area contributed by atoms with Crippen LogP contribution in [0.25, 0.3) is 0 Å². The zero-order chi connectivity index (χ0) is 14.2. The number of hydrogen-bond donors (Lipinski definition) is 1. The van der Waals surface area contributed by atoms with Crippen molar-refractivity contribution in [1.29, 1.82) is 0 Å². The Kier molecular flexibility index (Phi) is 3.59. The Hall–Kier alpha value is -0.930. The van der Waals surface area contributed by atoms with Gasteiger partial charge < -0.3 is 5.32 Å². The molecule has 1 aromatic carbocycles. The van der Waals surface area contributed by atoms with Crippen LogP contribution in [0.1, 0.15) is 45.1 Å². The van der Waals surface area contributed by atoms with Gasteiger partial charge in [0.1, 0.15) is 5.82 Å². The Labute approximate surface area is 121 Å². The average Bonchev–Trinajstić information content (AvgIpc) is 2.87. The Morgan fingerprint density at radius 3 is 2.45 bits per heavy atom. The van der Waals surface area contributed by atoms with Crippen LogP contribution in [0.3, 0.4) is 0 Å². The molecular weight excluding hydrogens is 251 g/mol. The number of nitrogens with one attached hydrogen (secondary N) is 1. The molecule has 1 aliphatic carbocycles. The Bertz CT molecular complexity index is 460. The molecule has 0 atom stereocenters. The normalized spacial score (nSPS) is 25.1. The smallest absolute Gasteiger partial charge is 0.123 e. The maximum absolute atomic E-state index is 13.1. The van der Waals surface area contributed by atoms with E-state index in [1.165, 1.54) is 31.2 Å². The van der Waals surface area contributed by atoms with Gasteiger partial charge in [0.2, 0.25) is 0 Å². The summed E-state index contributed by atoms with van der Waals surface area (Å²) in [4.78, 5) is 2.64. The maximum atomic E-state index is 13.1. The van der Waals surface area contributed by atoms with Gasteiger partial charge in [-0.2, -0.15) is 0 Å². The minimum absolute atomic E-state index is 0.148. The Morgan fingerprint density at radius 2 is 1.80 bits per heavy atom. The van der Waals surface area contributed by atoms with Gasteiger partial charge in [-0.15, -0.1) is 0 Å². The second-order valence-electron chi connectivity index (χ2n) is 7.15. The van der Waals surface area contributed by atoms with Crippen molar-refractivity contribution in [2.24, 2.45) is 0 Å². The molecular formula is C17H25FN2. The predicted molar refractivity (Wildman–Crippen MR) is 80.1 cm³/mol. The van der Waals surface area contributed by atoms with Crippen molar-refractivity contribution in [2.45, 2.75) is 57.2 Å². The van der Waals surface area contributed by atoms with Gasteiger partial charge in [0.05, 0.1) is 0 Å². The topological polar surface area (TPSA) is 15.3 Å². The summed E-state index contributed by atoms with van der Waals surface area (Å²) < 4.78 is 13.1. The summed E-state index contributed by atoms with van der Waals surface area (Å²) in [5.74, 6) is -0.148. The van der Waals surface area contributed by atoms with E-state index in [-0.39, 0.29) is 11.4 Å². The van der Waals surface area contributed by atoms with Gasteiger partial charge in [-0.25, -0.2) is 4.39 Å². The van der Waals surface area contributed by atoms with E-state index in [4.69, 9.17) is 0 Å². The molecule has 2 nitrogen and oxygen atoms in total. The van der Waals surface area contributed by atoms with Gasteiger partial charge in [-0.05, 0) is 44.4 Å². The van der Waals surface area contributed by atoms with E-state index in [0.29, 0.717) is 5.54 Å². The first-order chi connectivity index (χ1) is 9.49. The summed E-state index contributed by atoms with van der Waals surface area (Å²) in [5.41, 5.74) is 1.70. The van der Waals surface area contributed by atoms with Crippen molar-refractivity contribution in [2.75, 3.05) is 13.1 Å². The molecule has 2 fully saturated rings. The van der Waals surface area contributed by atoms with Crippen molar-refractivity contribution in [3.05, 3.63) is 35.6 Å². The summed E-state index contributed by atoms with van der Waals surface area (Å²) in [6.07, 6.45) is 5.25. The summed E-state index contributed by atoms with van der Waals surface area (Å²) >= 11 is 0. The second kappa shape index (κ2) is 5.12. The highest BCUT2D eigenvalue weighted by Gasteiger charge is 2.45. The van der Waals surface area contributed by atoms with E-state index in [2.05, 4.69) is 24.1 Å². The molecule has 1 spiro atoms. The van der Waals surface area contributed by atoms with Crippen LogP contribution < -0.4 is 5.32 Å². The lowest BCUT2D eigenvalue weighted by Gasteiger charge is -2.51. The molecule has 1 aromatic rings. The lowest BCUT2D eigenvalue weighted by atomic mass is 9.86. The standard InChI is InChI=1S/C17H25FN2/c1-16(2)13-20(11-14-5-7-15(18)8-6-14)17(12-19-16)9-3-4-10-17/h5-8,19H,3-4,9-13H2,1-2H3. The number of nitrogens with zero attached hydrogens (tertiary/aromatic N) is 1. The fraction of sp³-hybridized carbons (Fsp3) is 0.647. The van der Waals surface area contributed by atoms with Crippen LogP contribution in [0.5, 0.6) is 0 Å². The number of benzene rings is 1. The molecule has 0 bridgehead atoms. The second-order valence-corrected chi connectivity index (χ2v) is 7.15. The largest absolute Gasteiger partial charge is 0.309 e. The molecule has 2 aliphatic rings. The van der Waals surface area contributed by atoms with Crippen LogP contribution in [-0.4, -0.2) is 29.1 Å². The third kappa shape index (κ3) is 2.75. The molecule has 1 aliphatic heterocycles. The number of halogens is 1. The van der Waals surface area contributed by atoms with Gasteiger partial charge in [0.25, 0.3) is 0 Å². The third-order valence-corrected chi connectivity index (χ3v) is 4.97. The van der Waals surface area contributed by atoms with E-state index in [9.17, 15) is 4.39 Å². The zero-order valence-electron chi connectivity index (χ0n) is 12.6. The Morgan fingerprint density at radius 1 is 1.15 bits per heavy atom. The van der Waals surface area contributed by atoms with Gasteiger partial charge >= 0.3 is 0 Å². The SMILES string of the molecule is CC1(C)CN(Cc2ccc(F)cc2)C2(CCCC2)CN1. The van der Waals surface area contributed by atoms with Crippen molar-refractivity contribution in [3.8, 4) is 0 Å². The first-order valence-electron chi connectivity index (χ1n) is 7.74. The van der Waals surface area contributed by atoms with Crippen LogP contribution in [0.15, 0.2) is 24.3 Å². The van der Waals surface area contributed by atoms with Crippen LogP contribution in [-0.2, 0) is 6.54 Å². The molecule has 0 aromatic heterocycles. The van der Waals surface area contributed by atoms with Crippen molar-refractivity contribution in [1.82, 2.24) is 10.2 Å². The summed E-state index contributed by atoms with van der Waals surface area (Å²) in [6.45, 7) is 7.62. The molecule has 3 heteroatoms. The highest BCUT2D eigenvalue weighted by Crippen LogP contribution is 2.39. The van der Waals surface area contributed by atoms with E-state index in [1.54, 1.807) is 12.1 Å². The maximum Gasteiger partial charge on any atom is 0.123 e.